The van der Waals surface area contributed by atoms with Gasteiger partial charge in [-0.1, -0.05) is 36.4 Å². The van der Waals surface area contributed by atoms with E-state index < -0.39 is 9.84 Å². The molecule has 112 valence electrons. The number of nitriles is 1. The summed E-state index contributed by atoms with van der Waals surface area (Å²) in [4.78, 5) is -0.178. The third kappa shape index (κ3) is 3.50. The Morgan fingerprint density at radius 2 is 1.59 bits per heavy atom. The smallest absolute Gasteiger partial charge is 0.219 e. The van der Waals surface area contributed by atoms with Crippen molar-refractivity contribution in [1.82, 2.24) is 0 Å². The fourth-order valence-electron chi connectivity index (χ4n) is 1.80. The van der Waals surface area contributed by atoms with Crippen molar-refractivity contribution >= 4 is 27.3 Å². The van der Waals surface area contributed by atoms with Gasteiger partial charge in [-0.05, 0) is 30.5 Å². The van der Waals surface area contributed by atoms with E-state index in [2.05, 4.69) is 5.32 Å². The second-order valence-electron chi connectivity index (χ2n) is 4.28. The minimum atomic E-state index is -3.85. The number of allylic oxidation sites excluding steroid dienone is 1. The van der Waals surface area contributed by atoms with Gasteiger partial charge in [0.1, 0.15) is 11.1 Å². The molecule has 2 rings (SSSR count). The van der Waals surface area contributed by atoms with Gasteiger partial charge in [-0.15, -0.1) is 11.8 Å². The quantitative estimate of drug-likeness (QED) is 0.848. The van der Waals surface area contributed by atoms with E-state index in [0.717, 1.165) is 5.69 Å². The van der Waals surface area contributed by atoms with Gasteiger partial charge in [0.25, 0.3) is 0 Å². The number of sulfone groups is 1. The first kappa shape index (κ1) is 16.1. The van der Waals surface area contributed by atoms with Crippen LogP contribution in [0.1, 0.15) is 0 Å². The Bertz CT molecular complexity index is 808. The molecule has 0 radical (unpaired) electrons. The molecule has 2 aromatic rings. The summed E-state index contributed by atoms with van der Waals surface area (Å²) in [7, 11) is -3.85. The van der Waals surface area contributed by atoms with Crippen LogP contribution in [0.4, 0.5) is 5.69 Å². The lowest BCUT2D eigenvalue weighted by atomic mass is 10.3. The molecule has 0 amide bonds. The van der Waals surface area contributed by atoms with E-state index in [4.69, 9.17) is 0 Å². The lowest BCUT2D eigenvalue weighted by Crippen LogP contribution is -2.09. The standard InChI is InChI=1S/C16H14N2O2S2/c1-21-16(18-13-8-4-2-5-9-13)15(12-17)22(19,20)14-10-6-3-7-11-14/h2-11,18H,1H3/b16-15-. The second kappa shape index (κ2) is 7.16. The fourth-order valence-corrected chi connectivity index (χ4v) is 4.00. The third-order valence-corrected chi connectivity index (χ3v) is 5.44. The van der Waals surface area contributed by atoms with Crippen LogP contribution in [-0.2, 0) is 9.84 Å². The van der Waals surface area contributed by atoms with Crippen molar-refractivity contribution in [3.05, 3.63) is 70.6 Å². The van der Waals surface area contributed by atoms with E-state index in [-0.39, 0.29) is 9.80 Å². The first-order chi connectivity index (χ1) is 10.6. The van der Waals surface area contributed by atoms with Crippen LogP contribution in [0.25, 0.3) is 0 Å². The van der Waals surface area contributed by atoms with Crippen LogP contribution in [0.5, 0.6) is 0 Å². The Kier molecular flexibility index (Phi) is 5.26. The van der Waals surface area contributed by atoms with Crippen molar-refractivity contribution in [2.24, 2.45) is 0 Å². The maximum absolute atomic E-state index is 12.6. The van der Waals surface area contributed by atoms with Gasteiger partial charge in [-0.3, -0.25) is 0 Å². The average molecular weight is 330 g/mol. The van der Waals surface area contributed by atoms with Crippen molar-refractivity contribution in [3.8, 4) is 6.07 Å². The van der Waals surface area contributed by atoms with Gasteiger partial charge in [0, 0.05) is 5.69 Å². The Morgan fingerprint density at radius 1 is 1.05 bits per heavy atom. The molecule has 0 atom stereocenters. The molecule has 0 saturated heterocycles. The number of nitrogens with one attached hydrogen (secondary N) is 1. The first-order valence-corrected chi connectivity index (χ1v) is 9.11. The van der Waals surface area contributed by atoms with Gasteiger partial charge in [0.05, 0.1) is 4.90 Å². The lowest BCUT2D eigenvalue weighted by Gasteiger charge is -2.11. The summed E-state index contributed by atoms with van der Waals surface area (Å²) in [5.41, 5.74) is 0.725. The summed E-state index contributed by atoms with van der Waals surface area (Å²) in [6.45, 7) is 0. The molecular formula is C16H14N2O2S2. The summed E-state index contributed by atoms with van der Waals surface area (Å²) in [6, 6.07) is 18.9. The Labute approximate surface area is 134 Å². The molecule has 0 heterocycles. The van der Waals surface area contributed by atoms with Crippen LogP contribution in [0.3, 0.4) is 0 Å². The van der Waals surface area contributed by atoms with Gasteiger partial charge in [0.2, 0.25) is 9.84 Å². The maximum atomic E-state index is 12.6. The molecule has 2 aromatic carbocycles. The predicted octanol–water partition coefficient (Wildman–Crippen LogP) is 3.63. The van der Waals surface area contributed by atoms with E-state index in [9.17, 15) is 13.7 Å². The number of thioether (sulfide) groups is 1. The van der Waals surface area contributed by atoms with Crippen molar-refractivity contribution in [1.29, 1.82) is 5.26 Å². The third-order valence-electron chi connectivity index (χ3n) is 2.87. The fraction of sp³-hybridized carbons (Fsp3) is 0.0625. The molecule has 0 spiro atoms. The topological polar surface area (TPSA) is 70.0 Å². The molecule has 6 heteroatoms. The number of nitrogens with zero attached hydrogens (tertiary/aromatic N) is 1. The van der Waals surface area contributed by atoms with Crippen molar-refractivity contribution in [2.45, 2.75) is 4.90 Å². The van der Waals surface area contributed by atoms with Gasteiger partial charge in [0.15, 0.2) is 4.91 Å². The lowest BCUT2D eigenvalue weighted by molar-refractivity contribution is 0.603. The highest BCUT2D eigenvalue weighted by Crippen LogP contribution is 2.27. The van der Waals surface area contributed by atoms with Gasteiger partial charge in [-0.25, -0.2) is 8.42 Å². The van der Waals surface area contributed by atoms with Crippen LogP contribution in [-0.4, -0.2) is 14.7 Å². The average Bonchev–Trinajstić information content (AvgIpc) is 2.56. The molecule has 0 saturated carbocycles. The molecule has 1 N–H and O–H groups in total. The number of hydrogen-bond donors (Lipinski definition) is 1. The van der Waals surface area contributed by atoms with E-state index >= 15 is 0 Å². The second-order valence-corrected chi connectivity index (χ2v) is 6.98. The molecular weight excluding hydrogens is 316 g/mol. The monoisotopic (exact) mass is 330 g/mol. The summed E-state index contributed by atoms with van der Waals surface area (Å²) in [5, 5.41) is 12.7. The number of anilines is 1. The zero-order valence-corrected chi connectivity index (χ0v) is 13.5. The Balaban J connectivity index is 2.50. The molecule has 0 aliphatic carbocycles. The maximum Gasteiger partial charge on any atom is 0.219 e. The molecule has 0 aliphatic rings. The Morgan fingerprint density at radius 3 is 2.09 bits per heavy atom. The van der Waals surface area contributed by atoms with E-state index in [1.54, 1.807) is 36.6 Å². The van der Waals surface area contributed by atoms with Crippen LogP contribution >= 0.6 is 11.8 Å². The van der Waals surface area contributed by atoms with E-state index in [0.29, 0.717) is 5.03 Å². The Hall–Kier alpha value is -2.23. The van der Waals surface area contributed by atoms with Crippen molar-refractivity contribution in [3.63, 3.8) is 0 Å². The molecule has 0 bridgehead atoms. The molecule has 4 nitrogen and oxygen atoms in total. The molecule has 0 aromatic heterocycles. The summed E-state index contributed by atoms with van der Waals surface area (Å²) in [6.07, 6.45) is 1.73. The highest BCUT2D eigenvalue weighted by Gasteiger charge is 2.24. The largest absolute Gasteiger partial charge is 0.349 e. The molecule has 0 fully saturated rings. The summed E-state index contributed by atoms with van der Waals surface area (Å²) in [5.74, 6) is 0. The van der Waals surface area contributed by atoms with Crippen molar-refractivity contribution < 1.29 is 8.42 Å². The van der Waals surface area contributed by atoms with E-state index in [1.165, 1.54) is 23.9 Å². The minimum Gasteiger partial charge on any atom is -0.349 e. The normalized spacial score (nSPS) is 12.2. The van der Waals surface area contributed by atoms with Crippen LogP contribution in [0.15, 0.2) is 75.5 Å². The van der Waals surface area contributed by atoms with Gasteiger partial charge in [-0.2, -0.15) is 5.26 Å². The van der Waals surface area contributed by atoms with Crippen molar-refractivity contribution in [2.75, 3.05) is 11.6 Å². The number of benzene rings is 2. The minimum absolute atomic E-state index is 0.105. The van der Waals surface area contributed by atoms with Crippen LogP contribution in [0, 0.1) is 11.3 Å². The number of hydrogen-bond acceptors (Lipinski definition) is 5. The summed E-state index contributed by atoms with van der Waals surface area (Å²) >= 11 is 1.19. The highest BCUT2D eigenvalue weighted by atomic mass is 32.2. The zero-order valence-electron chi connectivity index (χ0n) is 11.9. The zero-order chi connectivity index (χ0) is 16.0. The number of para-hydroxylation sites is 1. The van der Waals surface area contributed by atoms with Gasteiger partial charge < -0.3 is 5.32 Å². The summed E-state index contributed by atoms with van der Waals surface area (Å²) < 4.78 is 25.2. The molecule has 22 heavy (non-hydrogen) atoms. The van der Waals surface area contributed by atoms with E-state index in [1.807, 2.05) is 24.3 Å². The molecule has 0 unspecified atom stereocenters. The predicted molar refractivity (Wildman–Crippen MR) is 89.8 cm³/mol. The van der Waals surface area contributed by atoms with Gasteiger partial charge >= 0.3 is 0 Å². The molecule has 0 aliphatic heterocycles. The highest BCUT2D eigenvalue weighted by molar-refractivity contribution is 8.04. The number of rotatable bonds is 5. The van der Waals surface area contributed by atoms with Crippen LogP contribution < -0.4 is 5.32 Å². The first-order valence-electron chi connectivity index (χ1n) is 6.40. The SMILES string of the molecule is CS/C(Nc1ccccc1)=C(/C#N)S(=O)(=O)c1ccccc1. The van der Waals surface area contributed by atoms with Crippen LogP contribution in [0.2, 0.25) is 0 Å².